The van der Waals surface area contributed by atoms with Gasteiger partial charge in [0.15, 0.2) is 5.78 Å². The Morgan fingerprint density at radius 3 is 2.56 bits per heavy atom. The number of nitrogens with zero attached hydrogens (tertiary/aromatic N) is 1. The lowest BCUT2D eigenvalue weighted by Crippen LogP contribution is -2.38. The van der Waals surface area contributed by atoms with E-state index in [1.807, 2.05) is 0 Å². The number of hydrogen-bond donors (Lipinski definition) is 2. The van der Waals surface area contributed by atoms with E-state index < -0.39 is 12.2 Å². The topological polar surface area (TPSA) is 60.8 Å². The summed E-state index contributed by atoms with van der Waals surface area (Å²) in [5.41, 5.74) is 0.547. The largest absolute Gasteiger partial charge is 0.389 e. The van der Waals surface area contributed by atoms with Crippen LogP contribution in [0.15, 0.2) is 24.3 Å². The molecule has 2 N–H and O–H groups in total. The van der Waals surface area contributed by atoms with Crippen LogP contribution in [-0.4, -0.2) is 52.2 Å². The molecule has 5 heteroatoms. The normalized spacial score (nSPS) is 26.2. The molecule has 1 aliphatic rings. The molecule has 0 amide bonds. The van der Waals surface area contributed by atoms with Crippen LogP contribution in [0, 0.1) is 0 Å². The predicted octanol–water partition coefficient (Wildman–Crippen LogP) is 0.949. The molecule has 0 saturated carbocycles. The number of Topliss-reactive ketones (excluding diaryl/α,β-unsaturated/α-hetero) is 1. The van der Waals surface area contributed by atoms with Crippen molar-refractivity contribution in [3.8, 4) is 0 Å². The molecular weight excluding hydrogens is 254 g/mol. The van der Waals surface area contributed by atoms with Crippen molar-refractivity contribution < 1.29 is 15.0 Å². The van der Waals surface area contributed by atoms with Crippen LogP contribution in [0.3, 0.4) is 0 Å². The van der Waals surface area contributed by atoms with Gasteiger partial charge in [-0.1, -0.05) is 23.7 Å². The number of aliphatic hydroxyl groups is 2. The lowest BCUT2D eigenvalue weighted by Gasteiger charge is -2.22. The van der Waals surface area contributed by atoms with Gasteiger partial charge in [-0.3, -0.25) is 9.69 Å². The molecule has 0 bridgehead atoms. The van der Waals surface area contributed by atoms with E-state index in [4.69, 9.17) is 11.6 Å². The summed E-state index contributed by atoms with van der Waals surface area (Å²) in [4.78, 5) is 14.0. The fourth-order valence-corrected chi connectivity index (χ4v) is 2.35. The third-order valence-corrected chi connectivity index (χ3v) is 3.56. The summed E-state index contributed by atoms with van der Waals surface area (Å²) >= 11 is 5.85. The van der Waals surface area contributed by atoms with Gasteiger partial charge in [0, 0.05) is 23.7 Å². The summed E-state index contributed by atoms with van der Waals surface area (Å²) in [5.74, 6) is -0.0567. The second-order valence-electron chi connectivity index (χ2n) is 4.64. The fraction of sp³-hybridized carbons (Fsp3) is 0.462. The zero-order valence-corrected chi connectivity index (χ0v) is 10.8. The monoisotopic (exact) mass is 269 g/mol. The number of rotatable bonds is 3. The van der Waals surface area contributed by atoms with Crippen LogP contribution >= 0.6 is 11.6 Å². The summed E-state index contributed by atoms with van der Waals surface area (Å²) in [6.07, 6.45) is -1.56. The van der Waals surface area contributed by atoms with Crippen molar-refractivity contribution in [3.63, 3.8) is 0 Å². The maximum atomic E-state index is 12.2. The average molecular weight is 270 g/mol. The average Bonchev–Trinajstić information content (AvgIpc) is 2.68. The van der Waals surface area contributed by atoms with Crippen molar-refractivity contribution in [2.75, 3.05) is 13.1 Å². The minimum Gasteiger partial charge on any atom is -0.389 e. The van der Waals surface area contributed by atoms with Crippen molar-refractivity contribution in [3.05, 3.63) is 34.9 Å². The van der Waals surface area contributed by atoms with Crippen molar-refractivity contribution in [2.45, 2.75) is 25.2 Å². The van der Waals surface area contributed by atoms with E-state index in [1.54, 1.807) is 36.1 Å². The molecule has 1 aromatic carbocycles. The molecule has 0 spiro atoms. The Bertz CT molecular complexity index is 442. The number of ketones is 1. The van der Waals surface area contributed by atoms with Gasteiger partial charge in [-0.05, 0) is 19.1 Å². The Labute approximate surface area is 111 Å². The van der Waals surface area contributed by atoms with Crippen molar-refractivity contribution in [2.24, 2.45) is 0 Å². The van der Waals surface area contributed by atoms with Gasteiger partial charge in [0.2, 0.25) is 0 Å². The van der Waals surface area contributed by atoms with Gasteiger partial charge < -0.3 is 10.2 Å². The maximum absolute atomic E-state index is 12.2. The zero-order chi connectivity index (χ0) is 13.3. The van der Waals surface area contributed by atoms with Crippen LogP contribution in [0.1, 0.15) is 17.3 Å². The van der Waals surface area contributed by atoms with E-state index in [9.17, 15) is 15.0 Å². The van der Waals surface area contributed by atoms with Gasteiger partial charge in [-0.2, -0.15) is 0 Å². The highest BCUT2D eigenvalue weighted by atomic mass is 35.5. The first-order valence-electron chi connectivity index (χ1n) is 5.89. The molecule has 4 nitrogen and oxygen atoms in total. The maximum Gasteiger partial charge on any atom is 0.179 e. The van der Waals surface area contributed by atoms with Gasteiger partial charge in [0.25, 0.3) is 0 Å². The highest BCUT2D eigenvalue weighted by Crippen LogP contribution is 2.18. The fourth-order valence-electron chi connectivity index (χ4n) is 2.16. The highest BCUT2D eigenvalue weighted by Gasteiger charge is 2.34. The van der Waals surface area contributed by atoms with Crippen LogP contribution in [0.5, 0.6) is 0 Å². The second kappa shape index (κ2) is 5.36. The number of hydrogen-bond acceptors (Lipinski definition) is 4. The van der Waals surface area contributed by atoms with Gasteiger partial charge in [0.05, 0.1) is 18.2 Å². The van der Waals surface area contributed by atoms with Crippen LogP contribution < -0.4 is 0 Å². The van der Waals surface area contributed by atoms with Crippen LogP contribution in [0.2, 0.25) is 5.02 Å². The lowest BCUT2D eigenvalue weighted by molar-refractivity contribution is 0.0572. The Kier molecular flexibility index (Phi) is 4.02. The first kappa shape index (κ1) is 13.5. The standard InChI is InChI=1S/C13H16ClNO3/c1-8(15-6-11(16)12(17)7-15)13(18)9-3-2-4-10(14)5-9/h2-5,8,11-12,16-17H,6-7H2,1H3. The number of β-amino-alcohol motifs (C(OH)–C–C–N with tert-alkyl or cyclic N) is 2. The summed E-state index contributed by atoms with van der Waals surface area (Å²) in [7, 11) is 0. The van der Waals surface area contributed by atoms with E-state index in [0.29, 0.717) is 23.7 Å². The smallest absolute Gasteiger partial charge is 0.179 e. The minimum absolute atomic E-state index is 0.0567. The van der Waals surface area contributed by atoms with E-state index in [1.165, 1.54) is 0 Å². The second-order valence-corrected chi connectivity index (χ2v) is 5.08. The quantitative estimate of drug-likeness (QED) is 0.802. The van der Waals surface area contributed by atoms with Crippen LogP contribution in [0.25, 0.3) is 0 Å². The number of halogens is 1. The SMILES string of the molecule is CC(C(=O)c1cccc(Cl)c1)N1CC(O)C(O)C1. The lowest BCUT2D eigenvalue weighted by atomic mass is 10.0. The van der Waals surface area contributed by atoms with Crippen LogP contribution in [0.4, 0.5) is 0 Å². The molecule has 18 heavy (non-hydrogen) atoms. The number of benzene rings is 1. The number of likely N-dealkylation sites (tertiary alicyclic amines) is 1. The Hall–Kier alpha value is -0.940. The van der Waals surface area contributed by atoms with E-state index in [-0.39, 0.29) is 11.8 Å². The molecule has 1 fully saturated rings. The Balaban J connectivity index is 2.10. The van der Waals surface area contributed by atoms with Gasteiger partial charge in [0.1, 0.15) is 0 Å². The molecule has 1 saturated heterocycles. The van der Waals surface area contributed by atoms with Gasteiger partial charge in [-0.25, -0.2) is 0 Å². The summed E-state index contributed by atoms with van der Waals surface area (Å²) in [6.45, 7) is 2.40. The highest BCUT2D eigenvalue weighted by molar-refractivity contribution is 6.31. The number of aliphatic hydroxyl groups excluding tert-OH is 2. The third-order valence-electron chi connectivity index (χ3n) is 3.32. The summed E-state index contributed by atoms with van der Waals surface area (Å²) in [6, 6.07) is 6.41. The molecule has 1 heterocycles. The molecule has 98 valence electrons. The van der Waals surface area contributed by atoms with Crippen molar-refractivity contribution in [1.82, 2.24) is 4.90 Å². The van der Waals surface area contributed by atoms with E-state index in [0.717, 1.165) is 0 Å². The molecule has 0 aliphatic carbocycles. The Morgan fingerprint density at radius 2 is 2.00 bits per heavy atom. The van der Waals surface area contributed by atoms with Gasteiger partial charge >= 0.3 is 0 Å². The van der Waals surface area contributed by atoms with Crippen LogP contribution in [-0.2, 0) is 0 Å². The van der Waals surface area contributed by atoms with Crippen molar-refractivity contribution in [1.29, 1.82) is 0 Å². The summed E-state index contributed by atoms with van der Waals surface area (Å²) in [5, 5.41) is 19.5. The molecule has 0 radical (unpaired) electrons. The molecule has 3 unspecified atom stereocenters. The number of carbonyl (C=O) groups excluding carboxylic acids is 1. The first-order chi connectivity index (χ1) is 8.49. The molecule has 1 aliphatic heterocycles. The Morgan fingerprint density at radius 1 is 1.39 bits per heavy atom. The van der Waals surface area contributed by atoms with Crippen molar-refractivity contribution >= 4 is 17.4 Å². The number of carbonyl (C=O) groups is 1. The molecule has 0 aromatic heterocycles. The molecule has 1 aromatic rings. The first-order valence-corrected chi connectivity index (χ1v) is 6.27. The molecular formula is C13H16ClNO3. The van der Waals surface area contributed by atoms with Gasteiger partial charge in [-0.15, -0.1) is 0 Å². The molecule has 3 atom stereocenters. The predicted molar refractivity (Wildman–Crippen MR) is 68.8 cm³/mol. The van der Waals surface area contributed by atoms with E-state index >= 15 is 0 Å². The molecule has 2 rings (SSSR count). The summed E-state index contributed by atoms with van der Waals surface area (Å²) < 4.78 is 0. The zero-order valence-electron chi connectivity index (χ0n) is 10.1. The minimum atomic E-state index is -0.778. The van der Waals surface area contributed by atoms with E-state index in [2.05, 4.69) is 0 Å². The third kappa shape index (κ3) is 2.72.